The van der Waals surface area contributed by atoms with Gasteiger partial charge in [0.05, 0.1) is 13.4 Å². The van der Waals surface area contributed by atoms with Crippen LogP contribution in [0.15, 0.2) is 41.1 Å². The van der Waals surface area contributed by atoms with Crippen molar-refractivity contribution in [3.8, 4) is 17.2 Å². The summed E-state index contributed by atoms with van der Waals surface area (Å²) < 4.78 is 10.2. The summed E-state index contributed by atoms with van der Waals surface area (Å²) in [5, 5.41) is 0. The minimum Gasteiger partial charge on any atom is -0.481 e. The molecule has 2 rings (SSSR count). The maximum absolute atomic E-state index is 5.21. The van der Waals surface area contributed by atoms with Gasteiger partial charge >= 0.3 is 0 Å². The zero-order chi connectivity index (χ0) is 9.10. The molecule has 0 aliphatic rings. The Balaban J connectivity index is 2.33. The Bertz CT molecular complexity index is 364. The minimum absolute atomic E-state index is 0.607. The number of furan rings is 1. The maximum atomic E-state index is 5.21. The summed E-state index contributed by atoms with van der Waals surface area (Å²) in [5.41, 5.74) is 0.950. The molecule has 0 spiro atoms. The van der Waals surface area contributed by atoms with E-state index in [-0.39, 0.29) is 0 Å². The van der Waals surface area contributed by atoms with Crippen molar-refractivity contribution in [1.82, 2.24) is 4.98 Å². The van der Waals surface area contributed by atoms with Crippen LogP contribution >= 0.6 is 0 Å². The van der Waals surface area contributed by atoms with Crippen molar-refractivity contribution >= 4 is 0 Å². The summed E-state index contributed by atoms with van der Waals surface area (Å²) in [6.45, 7) is 0. The van der Waals surface area contributed by atoms with E-state index in [4.69, 9.17) is 9.15 Å². The maximum Gasteiger partial charge on any atom is 0.212 e. The van der Waals surface area contributed by atoms with Crippen molar-refractivity contribution in [3.63, 3.8) is 0 Å². The Kier molecular flexibility index (Phi) is 2.00. The van der Waals surface area contributed by atoms with Crippen molar-refractivity contribution in [3.05, 3.63) is 36.7 Å². The van der Waals surface area contributed by atoms with Crippen LogP contribution in [0.5, 0.6) is 5.88 Å². The van der Waals surface area contributed by atoms with Gasteiger partial charge in [0.1, 0.15) is 5.76 Å². The molecule has 2 aromatic rings. The second-order valence-electron chi connectivity index (χ2n) is 2.57. The van der Waals surface area contributed by atoms with Gasteiger partial charge in [0.25, 0.3) is 0 Å². The highest BCUT2D eigenvalue weighted by Crippen LogP contribution is 2.19. The third-order valence-corrected chi connectivity index (χ3v) is 1.75. The van der Waals surface area contributed by atoms with Gasteiger partial charge in [-0.3, -0.25) is 0 Å². The van der Waals surface area contributed by atoms with E-state index in [1.165, 1.54) is 0 Å². The average Bonchev–Trinajstić information content (AvgIpc) is 2.71. The highest BCUT2D eigenvalue weighted by atomic mass is 16.5. The second kappa shape index (κ2) is 3.31. The largest absolute Gasteiger partial charge is 0.481 e. The summed E-state index contributed by atoms with van der Waals surface area (Å²) in [7, 11) is 1.59. The molecule has 0 unspecified atom stereocenters. The van der Waals surface area contributed by atoms with Crippen LogP contribution in [0.3, 0.4) is 0 Å². The number of methoxy groups -OCH3 is 1. The lowest BCUT2D eigenvalue weighted by Gasteiger charge is -1.98. The Morgan fingerprint density at radius 3 is 2.77 bits per heavy atom. The van der Waals surface area contributed by atoms with Crippen molar-refractivity contribution in [2.24, 2.45) is 0 Å². The molecule has 3 heteroatoms. The van der Waals surface area contributed by atoms with Gasteiger partial charge in [-0.25, -0.2) is 4.98 Å². The number of ether oxygens (including phenoxy) is 1. The molecule has 2 aromatic heterocycles. The third-order valence-electron chi connectivity index (χ3n) is 1.75. The zero-order valence-electron chi connectivity index (χ0n) is 7.23. The van der Waals surface area contributed by atoms with Crippen LogP contribution in [0, 0.1) is 0 Å². The van der Waals surface area contributed by atoms with Crippen molar-refractivity contribution < 1.29 is 9.15 Å². The molecule has 66 valence electrons. The predicted octanol–water partition coefficient (Wildman–Crippen LogP) is 2.35. The molecular weight excluding hydrogens is 166 g/mol. The summed E-state index contributed by atoms with van der Waals surface area (Å²) in [5.74, 6) is 1.42. The molecule has 0 aliphatic carbocycles. The molecule has 2 heterocycles. The van der Waals surface area contributed by atoms with E-state index < -0.39 is 0 Å². The van der Waals surface area contributed by atoms with Gasteiger partial charge in [-0.15, -0.1) is 0 Å². The fourth-order valence-electron chi connectivity index (χ4n) is 1.09. The molecule has 3 nitrogen and oxygen atoms in total. The average molecular weight is 175 g/mol. The molecule has 0 N–H and O–H groups in total. The molecule has 13 heavy (non-hydrogen) atoms. The topological polar surface area (TPSA) is 35.3 Å². The van der Waals surface area contributed by atoms with Gasteiger partial charge in [0, 0.05) is 17.8 Å². The molecule has 0 bridgehead atoms. The Hall–Kier alpha value is -1.77. The number of aromatic nitrogens is 1. The van der Waals surface area contributed by atoms with Gasteiger partial charge in [-0.1, -0.05) is 0 Å². The number of nitrogens with zero attached hydrogens (tertiary/aromatic N) is 1. The van der Waals surface area contributed by atoms with E-state index in [0.717, 1.165) is 11.3 Å². The van der Waals surface area contributed by atoms with E-state index >= 15 is 0 Å². The lowest BCUT2D eigenvalue weighted by molar-refractivity contribution is 0.398. The fraction of sp³-hybridized carbons (Fsp3) is 0.100. The van der Waals surface area contributed by atoms with Crippen LogP contribution in [0.1, 0.15) is 0 Å². The quantitative estimate of drug-likeness (QED) is 0.702. The molecule has 0 radical (unpaired) electrons. The predicted molar refractivity (Wildman–Crippen MR) is 48.5 cm³/mol. The molecule has 0 aromatic carbocycles. The minimum atomic E-state index is 0.607. The van der Waals surface area contributed by atoms with Crippen LogP contribution in [0.2, 0.25) is 0 Å². The summed E-state index contributed by atoms with van der Waals surface area (Å²) >= 11 is 0. The molecule has 0 saturated heterocycles. The molecule has 0 aliphatic heterocycles. The van der Waals surface area contributed by atoms with E-state index in [2.05, 4.69) is 4.98 Å². The van der Waals surface area contributed by atoms with Gasteiger partial charge in [-0.2, -0.15) is 0 Å². The van der Waals surface area contributed by atoms with Crippen LogP contribution in [-0.4, -0.2) is 12.1 Å². The second-order valence-corrected chi connectivity index (χ2v) is 2.57. The van der Waals surface area contributed by atoms with E-state index in [1.54, 1.807) is 25.6 Å². The molecule has 0 atom stereocenters. The Morgan fingerprint density at radius 2 is 2.23 bits per heavy atom. The molecule has 0 fully saturated rings. The van der Waals surface area contributed by atoms with Gasteiger partial charge in [0.2, 0.25) is 5.88 Å². The lowest BCUT2D eigenvalue weighted by atomic mass is 10.2. The van der Waals surface area contributed by atoms with Gasteiger partial charge < -0.3 is 9.15 Å². The number of rotatable bonds is 2. The summed E-state index contributed by atoms with van der Waals surface area (Å²) in [6.07, 6.45) is 3.36. The van der Waals surface area contributed by atoms with Gasteiger partial charge in [-0.05, 0) is 18.2 Å². The van der Waals surface area contributed by atoms with Gasteiger partial charge in [0.15, 0.2) is 0 Å². The molecule has 0 saturated carbocycles. The Morgan fingerprint density at radius 1 is 1.31 bits per heavy atom. The monoisotopic (exact) mass is 175 g/mol. The van der Waals surface area contributed by atoms with E-state index in [0.29, 0.717) is 5.88 Å². The number of hydrogen-bond acceptors (Lipinski definition) is 3. The van der Waals surface area contributed by atoms with Crippen LogP contribution in [0.25, 0.3) is 11.3 Å². The highest BCUT2D eigenvalue weighted by molar-refractivity contribution is 5.55. The smallest absolute Gasteiger partial charge is 0.212 e. The standard InChI is InChI=1S/C10H9NO2/c1-12-10-5-4-8(7-11-10)9-3-2-6-13-9/h2-7H,1H3. The summed E-state index contributed by atoms with van der Waals surface area (Å²) in [4.78, 5) is 4.07. The van der Waals surface area contributed by atoms with E-state index in [1.807, 2.05) is 18.2 Å². The van der Waals surface area contributed by atoms with Crippen LogP contribution < -0.4 is 4.74 Å². The normalized spacial score (nSPS) is 9.92. The zero-order valence-corrected chi connectivity index (χ0v) is 7.23. The Labute approximate surface area is 76.0 Å². The molecule has 0 amide bonds. The third kappa shape index (κ3) is 1.54. The van der Waals surface area contributed by atoms with Crippen molar-refractivity contribution in [2.75, 3.05) is 7.11 Å². The van der Waals surface area contributed by atoms with Crippen LogP contribution in [0.4, 0.5) is 0 Å². The van der Waals surface area contributed by atoms with Crippen LogP contribution in [-0.2, 0) is 0 Å². The molecular formula is C10H9NO2. The van der Waals surface area contributed by atoms with Crippen molar-refractivity contribution in [2.45, 2.75) is 0 Å². The first-order valence-electron chi connectivity index (χ1n) is 3.94. The highest BCUT2D eigenvalue weighted by Gasteiger charge is 2.00. The lowest BCUT2D eigenvalue weighted by Crippen LogP contribution is -1.86. The number of hydrogen-bond donors (Lipinski definition) is 0. The number of pyridine rings is 1. The first-order valence-corrected chi connectivity index (χ1v) is 3.94. The first kappa shape index (κ1) is 7.86. The SMILES string of the molecule is COc1ccc(-c2ccco2)cn1. The first-order chi connectivity index (χ1) is 6.40. The van der Waals surface area contributed by atoms with Crippen molar-refractivity contribution in [1.29, 1.82) is 0 Å². The summed E-state index contributed by atoms with van der Waals surface area (Å²) in [6, 6.07) is 7.45. The fourth-order valence-corrected chi connectivity index (χ4v) is 1.09. The van der Waals surface area contributed by atoms with E-state index in [9.17, 15) is 0 Å².